The molecule has 2 aliphatic carbocycles. The highest BCUT2D eigenvalue weighted by atomic mass is 16.1. The van der Waals surface area contributed by atoms with Gasteiger partial charge >= 0.3 is 0 Å². The average Bonchev–Trinajstić information content (AvgIpc) is 3.55. The van der Waals surface area contributed by atoms with E-state index in [0.717, 1.165) is 19.4 Å². The topological polar surface area (TPSA) is 46.9 Å². The molecule has 0 saturated heterocycles. The molecule has 25 heavy (non-hydrogen) atoms. The number of carbonyl (C=O) groups excluding carboxylic acids is 1. The SMILES string of the molecule is O=C(CCCc1ccccc1)NCCn1nc(C2CC2)cc1C1CC1. The Morgan fingerprint density at radius 3 is 2.60 bits per heavy atom. The number of rotatable bonds is 9. The highest BCUT2D eigenvalue weighted by molar-refractivity contribution is 5.75. The molecule has 0 atom stereocenters. The third-order valence-corrected chi connectivity index (χ3v) is 5.18. The monoisotopic (exact) mass is 337 g/mol. The molecule has 1 heterocycles. The summed E-state index contributed by atoms with van der Waals surface area (Å²) in [5.74, 6) is 1.56. The Labute approximate surface area is 149 Å². The van der Waals surface area contributed by atoms with Gasteiger partial charge in [-0.3, -0.25) is 9.48 Å². The van der Waals surface area contributed by atoms with E-state index in [4.69, 9.17) is 5.10 Å². The molecule has 2 saturated carbocycles. The first kappa shape index (κ1) is 16.4. The summed E-state index contributed by atoms with van der Waals surface area (Å²) < 4.78 is 2.15. The minimum absolute atomic E-state index is 0.151. The molecule has 4 heteroatoms. The van der Waals surface area contributed by atoms with Crippen molar-refractivity contribution in [2.75, 3.05) is 6.54 Å². The number of nitrogens with zero attached hydrogens (tertiary/aromatic N) is 2. The summed E-state index contributed by atoms with van der Waals surface area (Å²) >= 11 is 0. The van der Waals surface area contributed by atoms with Crippen molar-refractivity contribution in [1.82, 2.24) is 15.1 Å². The van der Waals surface area contributed by atoms with E-state index < -0.39 is 0 Å². The van der Waals surface area contributed by atoms with Crippen molar-refractivity contribution >= 4 is 5.91 Å². The van der Waals surface area contributed by atoms with Crippen molar-refractivity contribution in [3.63, 3.8) is 0 Å². The lowest BCUT2D eigenvalue weighted by molar-refractivity contribution is -0.121. The van der Waals surface area contributed by atoms with Crippen LogP contribution in [0.3, 0.4) is 0 Å². The van der Waals surface area contributed by atoms with Crippen LogP contribution in [0.1, 0.15) is 67.3 Å². The smallest absolute Gasteiger partial charge is 0.220 e. The van der Waals surface area contributed by atoms with E-state index in [9.17, 15) is 4.79 Å². The molecule has 1 N–H and O–H groups in total. The molecule has 4 nitrogen and oxygen atoms in total. The zero-order valence-corrected chi connectivity index (χ0v) is 14.8. The molecule has 132 valence electrons. The Morgan fingerprint density at radius 1 is 1.12 bits per heavy atom. The number of carbonyl (C=O) groups is 1. The highest BCUT2D eigenvalue weighted by Gasteiger charge is 2.32. The number of aromatic nitrogens is 2. The molecule has 1 amide bonds. The first-order valence-corrected chi connectivity index (χ1v) is 9.68. The van der Waals surface area contributed by atoms with Gasteiger partial charge in [0.25, 0.3) is 0 Å². The lowest BCUT2D eigenvalue weighted by Gasteiger charge is -2.08. The number of nitrogens with one attached hydrogen (secondary N) is 1. The zero-order valence-electron chi connectivity index (χ0n) is 14.8. The Morgan fingerprint density at radius 2 is 1.88 bits per heavy atom. The minimum Gasteiger partial charge on any atom is -0.354 e. The van der Waals surface area contributed by atoms with Crippen LogP contribution in [0.25, 0.3) is 0 Å². The molecule has 0 bridgehead atoms. The molecule has 2 aliphatic rings. The minimum atomic E-state index is 0.151. The molecule has 1 aromatic carbocycles. The van der Waals surface area contributed by atoms with Crippen LogP contribution in [0.5, 0.6) is 0 Å². The van der Waals surface area contributed by atoms with E-state index in [1.54, 1.807) is 0 Å². The van der Waals surface area contributed by atoms with Crippen LogP contribution < -0.4 is 5.32 Å². The molecule has 0 unspecified atom stereocenters. The van der Waals surface area contributed by atoms with Gasteiger partial charge in [-0.05, 0) is 50.2 Å². The van der Waals surface area contributed by atoms with E-state index in [1.165, 1.54) is 42.6 Å². The molecule has 0 spiro atoms. The second kappa shape index (κ2) is 7.42. The maximum Gasteiger partial charge on any atom is 0.220 e. The summed E-state index contributed by atoms with van der Waals surface area (Å²) in [4.78, 5) is 12.0. The highest BCUT2D eigenvalue weighted by Crippen LogP contribution is 2.44. The van der Waals surface area contributed by atoms with Crippen LogP contribution in [0.2, 0.25) is 0 Å². The zero-order chi connectivity index (χ0) is 17.1. The number of hydrogen-bond acceptors (Lipinski definition) is 2. The molecule has 1 aromatic heterocycles. The van der Waals surface area contributed by atoms with Gasteiger partial charge in [0.05, 0.1) is 12.2 Å². The summed E-state index contributed by atoms with van der Waals surface area (Å²) in [5, 5.41) is 7.86. The second-order valence-electron chi connectivity index (χ2n) is 7.45. The summed E-state index contributed by atoms with van der Waals surface area (Å²) in [7, 11) is 0. The first-order chi connectivity index (χ1) is 12.3. The summed E-state index contributed by atoms with van der Waals surface area (Å²) in [5.41, 5.74) is 3.96. The van der Waals surface area contributed by atoms with Crippen molar-refractivity contribution < 1.29 is 4.79 Å². The standard InChI is InChI=1S/C21H27N3O/c25-21(8-4-7-16-5-2-1-3-6-16)22-13-14-24-20(18-11-12-18)15-19(23-24)17-9-10-17/h1-3,5-6,15,17-18H,4,7-14H2,(H,22,25). The van der Waals surface area contributed by atoms with Crippen molar-refractivity contribution in [2.24, 2.45) is 0 Å². The van der Waals surface area contributed by atoms with Crippen LogP contribution in [0.15, 0.2) is 36.4 Å². The molecular formula is C21H27N3O. The van der Waals surface area contributed by atoms with E-state index in [1.807, 2.05) is 18.2 Å². The lowest BCUT2D eigenvalue weighted by atomic mass is 10.1. The van der Waals surface area contributed by atoms with Crippen LogP contribution >= 0.6 is 0 Å². The van der Waals surface area contributed by atoms with Gasteiger partial charge in [-0.25, -0.2) is 0 Å². The molecule has 2 aromatic rings. The largest absolute Gasteiger partial charge is 0.354 e. The van der Waals surface area contributed by atoms with Crippen molar-refractivity contribution in [1.29, 1.82) is 0 Å². The Hall–Kier alpha value is -2.10. The quantitative estimate of drug-likeness (QED) is 0.757. The van der Waals surface area contributed by atoms with Gasteiger partial charge in [-0.15, -0.1) is 0 Å². The summed E-state index contributed by atoms with van der Waals surface area (Å²) in [6.45, 7) is 1.47. The molecule has 4 rings (SSSR count). The van der Waals surface area contributed by atoms with E-state index in [0.29, 0.717) is 24.8 Å². The number of amides is 1. The fourth-order valence-corrected chi connectivity index (χ4v) is 3.40. The van der Waals surface area contributed by atoms with Gasteiger partial charge in [0.2, 0.25) is 5.91 Å². The van der Waals surface area contributed by atoms with Gasteiger partial charge in [0.15, 0.2) is 0 Å². The van der Waals surface area contributed by atoms with Gasteiger partial charge in [0.1, 0.15) is 0 Å². The Balaban J connectivity index is 1.20. The van der Waals surface area contributed by atoms with Crippen LogP contribution in [0, 0.1) is 0 Å². The first-order valence-electron chi connectivity index (χ1n) is 9.68. The van der Waals surface area contributed by atoms with Crippen LogP contribution in [-0.2, 0) is 17.8 Å². The van der Waals surface area contributed by atoms with Gasteiger partial charge in [-0.2, -0.15) is 5.10 Å². The van der Waals surface area contributed by atoms with Gasteiger partial charge in [0, 0.05) is 30.5 Å². The van der Waals surface area contributed by atoms with E-state index >= 15 is 0 Å². The molecule has 0 radical (unpaired) electrons. The van der Waals surface area contributed by atoms with Crippen LogP contribution in [0.4, 0.5) is 0 Å². The predicted octanol–water partition coefficient (Wildman–Crippen LogP) is 3.78. The molecule has 0 aliphatic heterocycles. The Bertz CT molecular complexity index is 714. The fourth-order valence-electron chi connectivity index (χ4n) is 3.40. The lowest BCUT2D eigenvalue weighted by Crippen LogP contribution is -2.27. The second-order valence-corrected chi connectivity index (χ2v) is 7.45. The third kappa shape index (κ3) is 4.50. The molecule has 2 fully saturated rings. The van der Waals surface area contributed by atoms with Crippen molar-refractivity contribution in [3.8, 4) is 0 Å². The van der Waals surface area contributed by atoms with E-state index in [-0.39, 0.29) is 5.91 Å². The number of aryl methyl sites for hydroxylation is 1. The van der Waals surface area contributed by atoms with Gasteiger partial charge in [-0.1, -0.05) is 30.3 Å². The van der Waals surface area contributed by atoms with Gasteiger partial charge < -0.3 is 5.32 Å². The van der Waals surface area contributed by atoms with Crippen molar-refractivity contribution in [3.05, 3.63) is 53.3 Å². The van der Waals surface area contributed by atoms with E-state index in [2.05, 4.69) is 28.2 Å². The summed E-state index contributed by atoms with van der Waals surface area (Å²) in [6.07, 6.45) is 7.62. The number of benzene rings is 1. The number of hydrogen-bond donors (Lipinski definition) is 1. The Kier molecular flexibility index (Phi) is 4.86. The average molecular weight is 337 g/mol. The van der Waals surface area contributed by atoms with Crippen molar-refractivity contribution in [2.45, 2.75) is 63.3 Å². The summed E-state index contributed by atoms with van der Waals surface area (Å²) in [6, 6.07) is 12.7. The molecular weight excluding hydrogens is 310 g/mol. The third-order valence-electron chi connectivity index (χ3n) is 5.18. The maximum atomic E-state index is 12.0. The normalized spacial score (nSPS) is 16.8. The fraction of sp³-hybridized carbons (Fsp3) is 0.524. The van der Waals surface area contributed by atoms with Crippen LogP contribution in [-0.4, -0.2) is 22.2 Å². The maximum absolute atomic E-state index is 12.0. The predicted molar refractivity (Wildman–Crippen MR) is 98.6 cm³/mol.